The highest BCUT2D eigenvalue weighted by Gasteiger charge is 2.23. The van der Waals surface area contributed by atoms with Crippen molar-refractivity contribution in [1.29, 1.82) is 0 Å². The number of ether oxygens (including phenoxy) is 2. The van der Waals surface area contributed by atoms with Crippen LogP contribution in [0.2, 0.25) is 5.02 Å². The minimum atomic E-state index is -0.763. The van der Waals surface area contributed by atoms with Crippen molar-refractivity contribution in [2.24, 2.45) is 4.99 Å². The summed E-state index contributed by atoms with van der Waals surface area (Å²) in [6, 6.07) is 12.2. The molecular weight excluding hydrogens is 450 g/mol. The van der Waals surface area contributed by atoms with Gasteiger partial charge in [-0.15, -0.1) is 0 Å². The number of aryl methyl sites for hydroxylation is 2. The maximum absolute atomic E-state index is 11.4. The normalized spacial score (nSPS) is 10.9. The van der Waals surface area contributed by atoms with Crippen molar-refractivity contribution in [2.75, 3.05) is 6.61 Å². The number of halogens is 1. The van der Waals surface area contributed by atoms with Gasteiger partial charge in [0.05, 0.1) is 33.2 Å². The number of hydrogen-bond acceptors (Lipinski definition) is 7. The smallest absolute Gasteiger partial charge is 0.318 e. The third-order valence-electron chi connectivity index (χ3n) is 4.75. The van der Waals surface area contributed by atoms with Crippen molar-refractivity contribution in [1.82, 2.24) is 0 Å². The largest absolute Gasteiger partial charge is 0.490 e. The fourth-order valence-corrected chi connectivity index (χ4v) is 3.20. The number of rotatable bonds is 8. The van der Waals surface area contributed by atoms with Gasteiger partial charge in [-0.1, -0.05) is 17.7 Å². The Bertz CT molecular complexity index is 1260. The lowest BCUT2D eigenvalue weighted by molar-refractivity contribution is -0.394. The second-order valence-electron chi connectivity index (χ2n) is 7.06. The summed E-state index contributed by atoms with van der Waals surface area (Å²) in [6.45, 7) is 6.07. The van der Waals surface area contributed by atoms with Crippen molar-refractivity contribution in [3.63, 3.8) is 0 Å². The van der Waals surface area contributed by atoms with E-state index in [0.717, 1.165) is 35.0 Å². The first-order valence-electron chi connectivity index (χ1n) is 9.88. The zero-order chi connectivity index (χ0) is 24.1. The minimum Gasteiger partial charge on any atom is -0.490 e. The number of aliphatic imine (C=N–C) groups is 1. The van der Waals surface area contributed by atoms with Crippen LogP contribution in [0.5, 0.6) is 17.2 Å². The summed E-state index contributed by atoms with van der Waals surface area (Å²) in [6.07, 6.45) is 1.62. The Morgan fingerprint density at radius 2 is 1.73 bits per heavy atom. The van der Waals surface area contributed by atoms with E-state index in [1.54, 1.807) is 25.3 Å². The molecule has 3 aromatic rings. The lowest BCUT2D eigenvalue weighted by Gasteiger charge is -2.14. The summed E-state index contributed by atoms with van der Waals surface area (Å²) in [7, 11) is 0. The summed E-state index contributed by atoms with van der Waals surface area (Å²) in [5.41, 5.74) is 2.69. The average molecular weight is 470 g/mol. The molecule has 0 N–H and O–H groups in total. The third-order valence-corrected chi connectivity index (χ3v) is 5.03. The molecule has 0 aliphatic carbocycles. The van der Waals surface area contributed by atoms with Crippen LogP contribution in [-0.4, -0.2) is 22.7 Å². The lowest BCUT2D eigenvalue weighted by Crippen LogP contribution is -2.00. The van der Waals surface area contributed by atoms with Gasteiger partial charge in [0.2, 0.25) is 5.75 Å². The predicted octanol–water partition coefficient (Wildman–Crippen LogP) is 6.71. The summed E-state index contributed by atoms with van der Waals surface area (Å²) >= 11 is 6.42. The molecule has 0 saturated heterocycles. The van der Waals surface area contributed by atoms with Crippen LogP contribution in [0.3, 0.4) is 0 Å². The maximum Gasteiger partial charge on any atom is 0.318 e. The minimum absolute atomic E-state index is 0.0544. The fourth-order valence-electron chi connectivity index (χ4n) is 2.94. The Hall–Kier alpha value is -3.98. The number of nitrogens with zero attached hydrogens (tertiary/aromatic N) is 3. The summed E-state index contributed by atoms with van der Waals surface area (Å²) in [4.78, 5) is 25.4. The van der Waals surface area contributed by atoms with Gasteiger partial charge in [-0.25, -0.2) is 0 Å². The van der Waals surface area contributed by atoms with Gasteiger partial charge >= 0.3 is 5.69 Å². The SMILES string of the molecule is CCOc1cc(C=Nc2ccc(C)c(C)c2)cc(Cl)c1Oc1ccc([N+](=O)[O-])cc1[N+](=O)[O-]. The zero-order valence-electron chi connectivity index (χ0n) is 18.1. The number of nitro benzene ring substituents is 2. The quantitative estimate of drug-likeness (QED) is 0.205. The van der Waals surface area contributed by atoms with Gasteiger partial charge in [-0.05, 0) is 67.8 Å². The van der Waals surface area contributed by atoms with Crippen molar-refractivity contribution in [2.45, 2.75) is 20.8 Å². The van der Waals surface area contributed by atoms with Crippen LogP contribution in [0.1, 0.15) is 23.6 Å². The number of non-ortho nitro benzene ring substituents is 1. The summed E-state index contributed by atoms with van der Waals surface area (Å²) in [5, 5.41) is 22.5. The molecule has 0 bridgehead atoms. The highest BCUT2D eigenvalue weighted by atomic mass is 35.5. The number of benzene rings is 3. The Morgan fingerprint density at radius 3 is 2.36 bits per heavy atom. The molecule has 0 radical (unpaired) electrons. The van der Waals surface area contributed by atoms with E-state index in [1.807, 2.05) is 32.0 Å². The first-order valence-corrected chi connectivity index (χ1v) is 10.3. The monoisotopic (exact) mass is 469 g/mol. The van der Waals surface area contributed by atoms with Crippen LogP contribution in [0.4, 0.5) is 17.1 Å². The second kappa shape index (κ2) is 10.1. The van der Waals surface area contributed by atoms with Gasteiger partial charge in [-0.3, -0.25) is 25.2 Å². The Morgan fingerprint density at radius 1 is 0.970 bits per heavy atom. The fraction of sp³-hybridized carbons (Fsp3) is 0.174. The molecule has 0 heterocycles. The lowest BCUT2D eigenvalue weighted by atomic mass is 10.1. The molecule has 0 fully saturated rings. The van der Waals surface area contributed by atoms with Crippen LogP contribution < -0.4 is 9.47 Å². The van der Waals surface area contributed by atoms with Crippen LogP contribution in [0.25, 0.3) is 0 Å². The van der Waals surface area contributed by atoms with E-state index in [0.29, 0.717) is 5.56 Å². The van der Waals surface area contributed by atoms with E-state index in [9.17, 15) is 20.2 Å². The third kappa shape index (κ3) is 5.64. The topological polar surface area (TPSA) is 117 Å². The predicted molar refractivity (Wildman–Crippen MR) is 126 cm³/mol. The molecule has 0 amide bonds. The molecule has 0 aliphatic rings. The number of hydrogen-bond donors (Lipinski definition) is 0. The Kier molecular flexibility index (Phi) is 7.24. The average Bonchev–Trinajstić information content (AvgIpc) is 2.77. The molecule has 3 rings (SSSR count). The Labute approximate surface area is 194 Å². The van der Waals surface area contributed by atoms with Crippen molar-refractivity contribution in [3.8, 4) is 17.2 Å². The number of nitro groups is 2. The van der Waals surface area contributed by atoms with E-state index in [2.05, 4.69) is 4.99 Å². The molecule has 0 aromatic heterocycles. The van der Waals surface area contributed by atoms with Gasteiger partial charge in [-0.2, -0.15) is 0 Å². The van der Waals surface area contributed by atoms with E-state index in [-0.39, 0.29) is 28.9 Å². The first kappa shape index (κ1) is 23.7. The molecule has 10 heteroatoms. The van der Waals surface area contributed by atoms with E-state index >= 15 is 0 Å². The molecule has 0 unspecified atom stereocenters. The van der Waals surface area contributed by atoms with Crippen LogP contribution in [0.15, 0.2) is 53.5 Å². The van der Waals surface area contributed by atoms with Gasteiger partial charge in [0.25, 0.3) is 5.69 Å². The van der Waals surface area contributed by atoms with Crippen LogP contribution >= 0.6 is 11.6 Å². The molecular formula is C23H20ClN3O6. The van der Waals surface area contributed by atoms with Crippen LogP contribution in [-0.2, 0) is 0 Å². The van der Waals surface area contributed by atoms with E-state index in [1.165, 1.54) is 0 Å². The molecule has 0 aliphatic heterocycles. The van der Waals surface area contributed by atoms with Crippen LogP contribution in [0, 0.1) is 34.1 Å². The van der Waals surface area contributed by atoms with Gasteiger partial charge < -0.3 is 9.47 Å². The maximum atomic E-state index is 11.4. The highest BCUT2D eigenvalue weighted by molar-refractivity contribution is 6.32. The molecule has 170 valence electrons. The summed E-state index contributed by atoms with van der Waals surface area (Å²) < 4.78 is 11.3. The van der Waals surface area contributed by atoms with Gasteiger partial charge in [0.15, 0.2) is 11.5 Å². The highest BCUT2D eigenvalue weighted by Crippen LogP contribution is 2.42. The first-order chi connectivity index (χ1) is 15.7. The molecule has 9 nitrogen and oxygen atoms in total. The molecule has 3 aromatic carbocycles. The molecule has 0 atom stereocenters. The molecule has 0 saturated carbocycles. The van der Waals surface area contributed by atoms with Crippen molar-refractivity contribution >= 4 is 34.9 Å². The van der Waals surface area contributed by atoms with E-state index < -0.39 is 21.2 Å². The van der Waals surface area contributed by atoms with Crippen molar-refractivity contribution in [3.05, 3.63) is 90.5 Å². The van der Waals surface area contributed by atoms with E-state index in [4.69, 9.17) is 21.1 Å². The summed E-state index contributed by atoms with van der Waals surface area (Å²) in [5.74, 6) is 0.1000. The van der Waals surface area contributed by atoms with Gasteiger partial charge in [0.1, 0.15) is 0 Å². The second-order valence-corrected chi connectivity index (χ2v) is 7.47. The molecule has 0 spiro atoms. The van der Waals surface area contributed by atoms with Gasteiger partial charge in [0, 0.05) is 12.3 Å². The van der Waals surface area contributed by atoms with Crippen molar-refractivity contribution < 1.29 is 19.3 Å². The Balaban J connectivity index is 1.98. The zero-order valence-corrected chi connectivity index (χ0v) is 18.8. The molecule has 33 heavy (non-hydrogen) atoms. The standard InChI is InChI=1S/C23H20ClN3O6/c1-4-32-22-11-16(13-25-17-6-5-14(2)15(3)9-17)10-19(24)23(22)33-21-8-7-18(26(28)29)12-20(21)27(30)31/h5-13H,4H2,1-3H3.